The largest absolute Gasteiger partial charge is 0.394 e. The highest BCUT2D eigenvalue weighted by molar-refractivity contribution is 5.15. The topological polar surface area (TPSA) is 120 Å². The number of aliphatic hydroxyl groups excluding tert-OH is 5. The lowest BCUT2D eigenvalue weighted by atomic mass is 9.76. The molecule has 0 radical (unpaired) electrons. The van der Waals surface area contributed by atoms with Crippen LogP contribution in [-0.2, 0) is 9.47 Å². The lowest BCUT2D eigenvalue weighted by molar-refractivity contribution is -0.334. The average molecular weight is 332 g/mol. The van der Waals surface area contributed by atoms with Crippen molar-refractivity contribution < 1.29 is 35.0 Å². The van der Waals surface area contributed by atoms with Crippen LogP contribution in [0.4, 0.5) is 0 Å². The van der Waals surface area contributed by atoms with Crippen molar-refractivity contribution >= 4 is 0 Å². The molecule has 2 rings (SSSR count). The summed E-state index contributed by atoms with van der Waals surface area (Å²) in [5.41, 5.74) is 0.116. The molecule has 1 saturated heterocycles. The Balaban J connectivity index is 2.20. The summed E-state index contributed by atoms with van der Waals surface area (Å²) in [6.07, 6.45) is -4.36. The van der Waals surface area contributed by atoms with Gasteiger partial charge in [-0.2, -0.15) is 0 Å². The van der Waals surface area contributed by atoms with Gasteiger partial charge in [0.1, 0.15) is 24.4 Å². The van der Waals surface area contributed by atoms with Gasteiger partial charge in [-0.05, 0) is 24.8 Å². The lowest BCUT2D eigenvalue weighted by Gasteiger charge is -2.47. The van der Waals surface area contributed by atoms with E-state index in [9.17, 15) is 25.5 Å². The van der Waals surface area contributed by atoms with Crippen LogP contribution in [0, 0.1) is 5.92 Å². The van der Waals surface area contributed by atoms with E-state index in [0.29, 0.717) is 12.8 Å². The molecule has 0 aromatic carbocycles. The quantitative estimate of drug-likeness (QED) is 0.432. The summed E-state index contributed by atoms with van der Waals surface area (Å²) >= 11 is 0. The van der Waals surface area contributed by atoms with Crippen molar-refractivity contribution in [3.8, 4) is 0 Å². The van der Waals surface area contributed by atoms with E-state index < -0.39 is 49.0 Å². The Hall–Kier alpha value is -0.540. The number of hydrogen-bond acceptors (Lipinski definition) is 7. The van der Waals surface area contributed by atoms with E-state index in [1.54, 1.807) is 0 Å². The molecule has 0 spiro atoms. The van der Waals surface area contributed by atoms with E-state index in [0.717, 1.165) is 5.57 Å². The summed E-state index contributed by atoms with van der Waals surface area (Å²) < 4.78 is 11.4. The van der Waals surface area contributed by atoms with Gasteiger partial charge in [0.25, 0.3) is 0 Å². The summed E-state index contributed by atoms with van der Waals surface area (Å²) in [4.78, 5) is 0. The highest BCUT2D eigenvalue weighted by atomic mass is 16.7. The molecule has 5 N–H and O–H groups in total. The fraction of sp³-hybridized carbons (Fsp3) is 0.875. The van der Waals surface area contributed by atoms with Gasteiger partial charge in [-0.25, -0.2) is 0 Å². The highest BCUT2D eigenvalue weighted by Crippen LogP contribution is 2.39. The van der Waals surface area contributed by atoms with Crippen molar-refractivity contribution in [2.75, 3.05) is 6.61 Å². The van der Waals surface area contributed by atoms with E-state index in [-0.39, 0.29) is 5.92 Å². The molecule has 134 valence electrons. The molecule has 1 fully saturated rings. The Morgan fingerprint density at radius 1 is 1.22 bits per heavy atom. The fourth-order valence-corrected chi connectivity index (χ4v) is 3.14. The molecule has 1 unspecified atom stereocenters. The Morgan fingerprint density at radius 2 is 1.87 bits per heavy atom. The first-order valence-electron chi connectivity index (χ1n) is 8.05. The molecular formula is C16H28O7. The normalized spacial score (nSPS) is 45.2. The number of aliphatic hydroxyl groups is 5. The molecule has 1 aliphatic carbocycles. The maximum absolute atomic E-state index is 10.2. The van der Waals surface area contributed by atoms with E-state index in [1.807, 2.05) is 26.8 Å². The predicted octanol–water partition coefficient (Wildman–Crippen LogP) is -0.701. The number of ether oxygens (including phenoxy) is 2. The van der Waals surface area contributed by atoms with Gasteiger partial charge in [-0.3, -0.25) is 0 Å². The maximum Gasteiger partial charge on any atom is 0.187 e. The SMILES string of the molecule is CC1=CC[C@](O[C@@H]2O[C@H](CO)[C@@H](O)[C@H](O)[C@H]2O)(C(C)C)CC1O. The summed E-state index contributed by atoms with van der Waals surface area (Å²) in [6.45, 7) is 5.25. The first-order chi connectivity index (χ1) is 10.7. The average Bonchev–Trinajstić information content (AvgIpc) is 2.51. The second kappa shape index (κ2) is 7.14. The molecule has 0 amide bonds. The van der Waals surface area contributed by atoms with Crippen molar-refractivity contribution in [2.45, 2.75) is 76.0 Å². The monoisotopic (exact) mass is 332 g/mol. The van der Waals surface area contributed by atoms with Gasteiger partial charge in [-0.15, -0.1) is 0 Å². The molecule has 0 saturated carbocycles. The van der Waals surface area contributed by atoms with Crippen LogP contribution >= 0.6 is 0 Å². The van der Waals surface area contributed by atoms with Crippen LogP contribution in [-0.4, -0.2) is 74.6 Å². The maximum atomic E-state index is 10.2. The third-order valence-electron chi connectivity index (χ3n) is 5.09. The fourth-order valence-electron chi connectivity index (χ4n) is 3.14. The van der Waals surface area contributed by atoms with Gasteiger partial charge in [0.05, 0.1) is 18.3 Å². The third-order valence-corrected chi connectivity index (χ3v) is 5.09. The molecule has 7 nitrogen and oxygen atoms in total. The van der Waals surface area contributed by atoms with Gasteiger partial charge in [-0.1, -0.05) is 19.9 Å². The molecule has 0 bridgehead atoms. The van der Waals surface area contributed by atoms with Crippen molar-refractivity contribution in [2.24, 2.45) is 5.92 Å². The van der Waals surface area contributed by atoms with Crippen molar-refractivity contribution in [3.63, 3.8) is 0 Å². The minimum absolute atomic E-state index is 0.0221. The van der Waals surface area contributed by atoms with Gasteiger partial charge in [0, 0.05) is 6.42 Å². The van der Waals surface area contributed by atoms with Gasteiger partial charge < -0.3 is 35.0 Å². The van der Waals surface area contributed by atoms with Gasteiger partial charge >= 0.3 is 0 Å². The zero-order chi connectivity index (χ0) is 17.4. The van der Waals surface area contributed by atoms with Crippen molar-refractivity contribution in [3.05, 3.63) is 11.6 Å². The van der Waals surface area contributed by atoms with Gasteiger partial charge in [0.15, 0.2) is 6.29 Å². The second-order valence-electron chi connectivity index (χ2n) is 6.91. The van der Waals surface area contributed by atoms with Crippen LogP contribution in [0.5, 0.6) is 0 Å². The van der Waals surface area contributed by atoms with Crippen LogP contribution in [0.1, 0.15) is 33.6 Å². The third kappa shape index (κ3) is 3.61. The van der Waals surface area contributed by atoms with Gasteiger partial charge in [0.2, 0.25) is 0 Å². The zero-order valence-corrected chi connectivity index (χ0v) is 13.8. The molecular weight excluding hydrogens is 304 g/mol. The summed E-state index contributed by atoms with van der Waals surface area (Å²) in [5.74, 6) is 0.0221. The zero-order valence-electron chi connectivity index (χ0n) is 13.8. The molecule has 7 heteroatoms. The van der Waals surface area contributed by atoms with Crippen LogP contribution in [0.25, 0.3) is 0 Å². The molecule has 7 atom stereocenters. The predicted molar refractivity (Wildman–Crippen MR) is 81.4 cm³/mol. The standard InChI is InChI=1S/C16H28O7/c1-8(2)16(5-4-9(3)10(18)6-16)23-15-14(21)13(20)12(19)11(7-17)22-15/h4,8,10-15,17-21H,5-7H2,1-3H3/t10?,11-,12-,13+,14-,15+,16-/m1/s1. The Kier molecular flexibility index (Phi) is 5.84. The smallest absolute Gasteiger partial charge is 0.187 e. The van der Waals surface area contributed by atoms with E-state index in [4.69, 9.17) is 9.47 Å². The Morgan fingerprint density at radius 3 is 2.39 bits per heavy atom. The number of rotatable bonds is 4. The molecule has 1 heterocycles. The van der Waals surface area contributed by atoms with E-state index in [1.165, 1.54) is 0 Å². The minimum atomic E-state index is -1.47. The Labute approximate surface area is 136 Å². The summed E-state index contributed by atoms with van der Waals surface area (Å²) in [7, 11) is 0. The second-order valence-corrected chi connectivity index (χ2v) is 6.91. The number of hydrogen-bond donors (Lipinski definition) is 5. The van der Waals surface area contributed by atoms with E-state index >= 15 is 0 Å². The molecule has 0 aromatic rings. The van der Waals surface area contributed by atoms with Crippen LogP contribution < -0.4 is 0 Å². The summed E-state index contributed by atoms with van der Waals surface area (Å²) in [5, 5.41) is 49.3. The van der Waals surface area contributed by atoms with Crippen molar-refractivity contribution in [1.29, 1.82) is 0 Å². The summed E-state index contributed by atoms with van der Waals surface area (Å²) in [6, 6.07) is 0. The van der Waals surface area contributed by atoms with Crippen molar-refractivity contribution in [1.82, 2.24) is 0 Å². The van der Waals surface area contributed by atoms with Crippen LogP contribution in [0.15, 0.2) is 11.6 Å². The first-order valence-corrected chi connectivity index (χ1v) is 8.05. The van der Waals surface area contributed by atoms with Crippen LogP contribution in [0.3, 0.4) is 0 Å². The lowest BCUT2D eigenvalue weighted by Crippen LogP contribution is -2.61. The highest BCUT2D eigenvalue weighted by Gasteiger charge is 2.49. The molecule has 23 heavy (non-hydrogen) atoms. The molecule has 2 aliphatic rings. The molecule has 1 aliphatic heterocycles. The first kappa shape index (κ1) is 18.8. The van der Waals surface area contributed by atoms with Crippen LogP contribution in [0.2, 0.25) is 0 Å². The molecule has 0 aromatic heterocycles. The Bertz CT molecular complexity index is 436. The minimum Gasteiger partial charge on any atom is -0.394 e. The van der Waals surface area contributed by atoms with E-state index in [2.05, 4.69) is 0 Å².